The van der Waals surface area contributed by atoms with E-state index < -0.39 is 10.0 Å². The first-order valence-corrected chi connectivity index (χ1v) is 8.24. The molecule has 1 saturated heterocycles. The lowest BCUT2D eigenvalue weighted by atomic mass is 10.2. The zero-order valence-electron chi connectivity index (χ0n) is 9.50. The van der Waals surface area contributed by atoms with Gasteiger partial charge in [-0.25, -0.2) is 8.42 Å². The molecule has 1 fully saturated rings. The summed E-state index contributed by atoms with van der Waals surface area (Å²) in [6, 6.07) is 2.96. The van der Waals surface area contributed by atoms with Gasteiger partial charge < -0.3 is 0 Å². The molecule has 0 amide bonds. The Morgan fingerprint density at radius 2 is 1.78 bits per heavy atom. The van der Waals surface area contributed by atoms with Crippen LogP contribution in [0.3, 0.4) is 0 Å². The highest BCUT2D eigenvalue weighted by Gasteiger charge is 2.30. The molecule has 0 N–H and O–H groups in total. The van der Waals surface area contributed by atoms with E-state index in [9.17, 15) is 8.42 Å². The third-order valence-electron chi connectivity index (χ3n) is 2.97. The molecule has 0 saturated carbocycles. The van der Waals surface area contributed by atoms with Crippen LogP contribution >= 0.6 is 34.8 Å². The van der Waals surface area contributed by atoms with E-state index in [1.165, 1.54) is 16.4 Å². The molecule has 1 aromatic carbocycles. The Labute approximate surface area is 122 Å². The van der Waals surface area contributed by atoms with E-state index in [0.29, 0.717) is 23.7 Å². The van der Waals surface area contributed by atoms with Crippen LogP contribution in [0.4, 0.5) is 0 Å². The molecule has 0 bridgehead atoms. The lowest BCUT2D eigenvalue weighted by molar-refractivity contribution is 0.477. The van der Waals surface area contributed by atoms with E-state index in [0.717, 1.165) is 12.8 Å². The van der Waals surface area contributed by atoms with Crippen LogP contribution in [-0.4, -0.2) is 25.8 Å². The van der Waals surface area contributed by atoms with Crippen molar-refractivity contribution in [2.45, 2.75) is 23.6 Å². The summed E-state index contributed by atoms with van der Waals surface area (Å²) < 4.78 is 26.2. The average molecular weight is 329 g/mol. The van der Waals surface area contributed by atoms with Gasteiger partial charge in [0.1, 0.15) is 4.90 Å². The van der Waals surface area contributed by atoms with Gasteiger partial charge in [-0.15, -0.1) is 11.6 Å². The number of alkyl halides is 1. The number of benzene rings is 1. The second kappa shape index (κ2) is 5.55. The van der Waals surface area contributed by atoms with Crippen molar-refractivity contribution in [1.82, 2.24) is 4.31 Å². The van der Waals surface area contributed by atoms with Gasteiger partial charge in [-0.05, 0) is 25.0 Å². The number of hydrogen-bond donors (Lipinski definition) is 0. The molecule has 2 rings (SSSR count). The molecule has 1 aliphatic heterocycles. The van der Waals surface area contributed by atoms with Crippen LogP contribution in [0, 0.1) is 0 Å². The number of nitrogens with zero attached hydrogens (tertiary/aromatic N) is 1. The molecule has 1 aromatic rings. The third-order valence-corrected chi connectivity index (χ3v) is 6.07. The predicted octanol–water partition coefficient (Wildman–Crippen LogP) is 3.52. The Balaban J connectivity index is 2.51. The topological polar surface area (TPSA) is 37.4 Å². The molecular weight excluding hydrogens is 317 g/mol. The first-order valence-electron chi connectivity index (χ1n) is 5.51. The second-order valence-electron chi connectivity index (χ2n) is 4.08. The molecule has 100 valence electrons. The Morgan fingerprint density at radius 1 is 1.17 bits per heavy atom. The minimum absolute atomic E-state index is 0.0844. The maximum atomic E-state index is 12.4. The molecule has 0 atom stereocenters. The lowest BCUT2D eigenvalue weighted by Gasteiger charge is -2.17. The Hall–Kier alpha value is -0.000000000000000132. The molecule has 18 heavy (non-hydrogen) atoms. The van der Waals surface area contributed by atoms with Crippen molar-refractivity contribution in [3.8, 4) is 0 Å². The monoisotopic (exact) mass is 327 g/mol. The van der Waals surface area contributed by atoms with Crippen molar-refractivity contribution in [3.05, 3.63) is 27.7 Å². The summed E-state index contributed by atoms with van der Waals surface area (Å²) in [6.07, 6.45) is 1.76. The quantitative estimate of drug-likeness (QED) is 0.796. The molecule has 0 aromatic heterocycles. The van der Waals surface area contributed by atoms with E-state index in [1.807, 2.05) is 0 Å². The van der Waals surface area contributed by atoms with Crippen LogP contribution in [0.1, 0.15) is 18.4 Å². The van der Waals surface area contributed by atoms with Gasteiger partial charge in [0.25, 0.3) is 0 Å². The summed E-state index contributed by atoms with van der Waals surface area (Å²) >= 11 is 17.8. The van der Waals surface area contributed by atoms with Crippen molar-refractivity contribution >= 4 is 44.8 Å². The summed E-state index contributed by atoms with van der Waals surface area (Å²) in [6.45, 7) is 1.08. The van der Waals surface area contributed by atoms with Crippen molar-refractivity contribution in [1.29, 1.82) is 0 Å². The molecular formula is C11H12Cl3NO2S. The number of sulfonamides is 1. The predicted molar refractivity (Wildman–Crippen MR) is 74.0 cm³/mol. The van der Waals surface area contributed by atoms with Crippen molar-refractivity contribution < 1.29 is 8.42 Å². The Kier molecular flexibility index (Phi) is 4.44. The van der Waals surface area contributed by atoms with Crippen LogP contribution in [0.15, 0.2) is 17.0 Å². The molecule has 0 radical (unpaired) electrons. The van der Waals surface area contributed by atoms with Crippen LogP contribution in [0.2, 0.25) is 10.0 Å². The fourth-order valence-electron chi connectivity index (χ4n) is 1.97. The van der Waals surface area contributed by atoms with E-state index in [2.05, 4.69) is 0 Å². The van der Waals surface area contributed by atoms with Gasteiger partial charge >= 0.3 is 0 Å². The van der Waals surface area contributed by atoms with Gasteiger partial charge in [-0.3, -0.25) is 0 Å². The van der Waals surface area contributed by atoms with Gasteiger partial charge in [0.2, 0.25) is 10.0 Å². The molecule has 7 heteroatoms. The number of rotatable bonds is 3. The van der Waals surface area contributed by atoms with Gasteiger partial charge in [0, 0.05) is 23.7 Å². The highest BCUT2D eigenvalue weighted by atomic mass is 35.5. The van der Waals surface area contributed by atoms with Gasteiger partial charge in [0.15, 0.2) is 0 Å². The summed E-state index contributed by atoms with van der Waals surface area (Å²) in [5.74, 6) is 0.0844. The van der Waals surface area contributed by atoms with E-state index in [4.69, 9.17) is 34.8 Å². The second-order valence-corrected chi connectivity index (χ2v) is 7.04. The molecule has 3 nitrogen and oxygen atoms in total. The average Bonchev–Trinajstić information content (AvgIpc) is 2.83. The summed E-state index contributed by atoms with van der Waals surface area (Å²) in [5.41, 5.74) is 0.459. The van der Waals surface area contributed by atoms with Crippen molar-refractivity contribution in [2.75, 3.05) is 13.1 Å². The van der Waals surface area contributed by atoms with Crippen molar-refractivity contribution in [3.63, 3.8) is 0 Å². The normalized spacial score (nSPS) is 17.3. The molecule has 0 spiro atoms. The molecule has 0 aliphatic carbocycles. The Morgan fingerprint density at radius 3 is 2.33 bits per heavy atom. The fraction of sp³-hybridized carbons (Fsp3) is 0.455. The third kappa shape index (κ3) is 2.49. The maximum Gasteiger partial charge on any atom is 0.244 e. The van der Waals surface area contributed by atoms with E-state index in [-0.39, 0.29) is 15.8 Å². The largest absolute Gasteiger partial charge is 0.244 e. The highest BCUT2D eigenvalue weighted by Crippen LogP contribution is 2.34. The maximum absolute atomic E-state index is 12.4. The minimum Gasteiger partial charge on any atom is -0.207 e. The lowest BCUT2D eigenvalue weighted by Crippen LogP contribution is -2.28. The van der Waals surface area contributed by atoms with Crippen LogP contribution in [0.25, 0.3) is 0 Å². The van der Waals surface area contributed by atoms with Gasteiger partial charge in [-0.1, -0.05) is 23.2 Å². The van der Waals surface area contributed by atoms with Crippen LogP contribution in [-0.2, 0) is 15.9 Å². The Bertz CT molecular complexity index is 554. The van der Waals surface area contributed by atoms with Crippen LogP contribution in [0.5, 0.6) is 0 Å². The first kappa shape index (κ1) is 14.4. The van der Waals surface area contributed by atoms with E-state index >= 15 is 0 Å². The highest BCUT2D eigenvalue weighted by molar-refractivity contribution is 7.89. The van der Waals surface area contributed by atoms with Crippen molar-refractivity contribution in [2.24, 2.45) is 0 Å². The standard InChI is InChI=1S/C11H12Cl3NO2S/c12-7-8-9(13)3-4-10(11(8)14)18(16,17)15-5-1-2-6-15/h3-4H,1-2,5-7H2. The summed E-state index contributed by atoms with van der Waals surface area (Å²) in [4.78, 5) is 0.0890. The van der Waals surface area contributed by atoms with Crippen LogP contribution < -0.4 is 0 Å². The zero-order valence-corrected chi connectivity index (χ0v) is 12.6. The minimum atomic E-state index is -3.53. The fourth-order valence-corrected chi connectivity index (χ4v) is 4.78. The molecule has 0 unspecified atom stereocenters. The number of hydrogen-bond acceptors (Lipinski definition) is 2. The van der Waals surface area contributed by atoms with Gasteiger partial charge in [0.05, 0.1) is 10.9 Å². The van der Waals surface area contributed by atoms with Gasteiger partial charge in [-0.2, -0.15) is 4.31 Å². The zero-order chi connectivity index (χ0) is 13.3. The first-order chi connectivity index (χ1) is 8.48. The smallest absolute Gasteiger partial charge is 0.207 e. The summed E-state index contributed by atoms with van der Waals surface area (Å²) in [5, 5.41) is 0.514. The molecule has 1 aliphatic rings. The van der Waals surface area contributed by atoms with E-state index in [1.54, 1.807) is 0 Å². The molecule has 1 heterocycles. The summed E-state index contributed by atoms with van der Waals surface area (Å²) in [7, 11) is -3.53. The number of halogens is 3. The SMILES string of the molecule is O=S(=O)(c1ccc(Cl)c(CCl)c1Cl)N1CCCC1.